The number of piperazine rings is 1. The van der Waals surface area contributed by atoms with Gasteiger partial charge < -0.3 is 28.6 Å². The lowest BCUT2D eigenvalue weighted by Gasteiger charge is -2.37. The van der Waals surface area contributed by atoms with E-state index in [0.29, 0.717) is 24.0 Å². The van der Waals surface area contributed by atoms with Gasteiger partial charge in [0.05, 0.1) is 24.1 Å². The molecule has 2 saturated heterocycles. The van der Waals surface area contributed by atoms with Crippen molar-refractivity contribution in [2.45, 2.75) is 43.4 Å². The normalized spacial score (nSPS) is 20.0. The standard InChI is InChI=1S/C36H41ClN8O4S/c1-4-26(2)45-35(46)44(25-39-45)31-11-9-29(10-12-31)42-17-19-43(20-18-42)30-13-15-32(16-14-30)47-21-33-22-48-36(49-33,27-5-7-28(37)8-6-27)23-50-34-40-38-24-41(34)3/h5-16,24-26,33H,4,17-23H2,1-3H3. The minimum Gasteiger partial charge on any atom is -0.491 e. The van der Waals surface area contributed by atoms with Gasteiger partial charge in [-0.15, -0.1) is 10.2 Å². The SMILES string of the molecule is CCC(C)n1ncn(-c2ccc(N3CCN(c4ccc(OCC5COC(CSc6nncn6C)(c6ccc(Cl)cc6)O5)cc4)CC3)cc2)c1=O. The summed E-state index contributed by atoms with van der Waals surface area (Å²) >= 11 is 7.70. The van der Waals surface area contributed by atoms with E-state index in [2.05, 4.69) is 56.3 Å². The molecule has 2 fully saturated rings. The van der Waals surface area contributed by atoms with E-state index in [-0.39, 0.29) is 17.8 Å². The number of nitrogens with zero attached hydrogens (tertiary/aromatic N) is 8. The number of benzene rings is 3. The summed E-state index contributed by atoms with van der Waals surface area (Å²) in [6, 6.07) is 24.0. The lowest BCUT2D eigenvalue weighted by molar-refractivity contribution is -0.160. The van der Waals surface area contributed by atoms with E-state index >= 15 is 0 Å². The number of rotatable bonds is 12. The predicted molar refractivity (Wildman–Crippen MR) is 195 cm³/mol. The van der Waals surface area contributed by atoms with E-state index in [1.165, 1.54) is 11.8 Å². The third kappa shape index (κ3) is 7.27. The zero-order chi connectivity index (χ0) is 34.7. The van der Waals surface area contributed by atoms with Gasteiger partial charge in [-0.25, -0.2) is 14.0 Å². The maximum absolute atomic E-state index is 12.8. The summed E-state index contributed by atoms with van der Waals surface area (Å²) < 4.78 is 24.1. The summed E-state index contributed by atoms with van der Waals surface area (Å²) in [5.74, 6) is 0.319. The molecule has 7 rings (SSSR count). The first-order valence-corrected chi connectivity index (χ1v) is 18.2. The van der Waals surface area contributed by atoms with Gasteiger partial charge in [0.1, 0.15) is 31.1 Å². The summed E-state index contributed by atoms with van der Waals surface area (Å²) in [4.78, 5) is 17.6. The summed E-state index contributed by atoms with van der Waals surface area (Å²) in [7, 11) is 1.91. The molecule has 0 N–H and O–H groups in total. The minimum atomic E-state index is -0.958. The highest BCUT2D eigenvalue weighted by Crippen LogP contribution is 2.39. The molecule has 2 aromatic heterocycles. The second-order valence-electron chi connectivity index (χ2n) is 12.6. The van der Waals surface area contributed by atoms with Gasteiger partial charge in [-0.05, 0) is 74.0 Å². The Bertz CT molecular complexity index is 1920. The van der Waals surface area contributed by atoms with Crippen LogP contribution in [0.15, 0.2) is 95.4 Å². The number of hydrogen-bond donors (Lipinski definition) is 0. The topological polar surface area (TPSA) is 105 Å². The van der Waals surface area contributed by atoms with E-state index in [9.17, 15) is 4.79 Å². The second kappa shape index (κ2) is 14.9. The average molecular weight is 717 g/mol. The van der Waals surface area contributed by atoms with Crippen molar-refractivity contribution in [2.75, 3.05) is 54.9 Å². The van der Waals surface area contributed by atoms with Gasteiger partial charge in [-0.1, -0.05) is 42.4 Å². The number of aromatic nitrogens is 6. The van der Waals surface area contributed by atoms with Crippen LogP contribution in [0.25, 0.3) is 5.69 Å². The van der Waals surface area contributed by atoms with Gasteiger partial charge in [-0.3, -0.25) is 0 Å². The minimum absolute atomic E-state index is 0.0680. The van der Waals surface area contributed by atoms with Gasteiger partial charge in [-0.2, -0.15) is 5.10 Å². The van der Waals surface area contributed by atoms with E-state index in [4.69, 9.17) is 25.8 Å². The van der Waals surface area contributed by atoms with Crippen molar-refractivity contribution in [2.24, 2.45) is 7.05 Å². The molecule has 2 aliphatic heterocycles. The molecule has 12 nitrogen and oxygen atoms in total. The van der Waals surface area contributed by atoms with Crippen molar-refractivity contribution in [3.63, 3.8) is 0 Å². The molecule has 0 bridgehead atoms. The molecule has 4 heterocycles. The molecule has 0 amide bonds. The van der Waals surface area contributed by atoms with Crippen LogP contribution in [0.2, 0.25) is 5.02 Å². The molecule has 3 aromatic carbocycles. The molecule has 50 heavy (non-hydrogen) atoms. The molecular weight excluding hydrogens is 676 g/mol. The molecule has 2 aliphatic rings. The molecule has 262 valence electrons. The third-order valence-corrected chi connectivity index (χ3v) is 10.7. The van der Waals surface area contributed by atoms with Crippen molar-refractivity contribution in [3.8, 4) is 11.4 Å². The largest absolute Gasteiger partial charge is 0.491 e. The van der Waals surface area contributed by atoms with Crippen LogP contribution in [0, 0.1) is 0 Å². The molecule has 14 heteroatoms. The van der Waals surface area contributed by atoms with E-state index in [1.807, 2.05) is 67.1 Å². The fourth-order valence-corrected chi connectivity index (χ4v) is 7.30. The number of ether oxygens (including phenoxy) is 3. The monoisotopic (exact) mass is 716 g/mol. The number of aryl methyl sites for hydroxylation is 1. The fraction of sp³-hybridized carbons (Fsp3) is 0.389. The van der Waals surface area contributed by atoms with Crippen LogP contribution in [0.3, 0.4) is 0 Å². The predicted octanol–water partition coefficient (Wildman–Crippen LogP) is 5.55. The second-order valence-corrected chi connectivity index (χ2v) is 14.0. The molecule has 0 aliphatic carbocycles. The van der Waals surface area contributed by atoms with Crippen LogP contribution in [0.5, 0.6) is 5.75 Å². The van der Waals surface area contributed by atoms with Crippen molar-refractivity contribution in [1.82, 2.24) is 29.1 Å². The van der Waals surface area contributed by atoms with Gasteiger partial charge >= 0.3 is 5.69 Å². The van der Waals surface area contributed by atoms with Crippen LogP contribution < -0.4 is 20.2 Å². The maximum atomic E-state index is 12.8. The Morgan fingerprint density at radius 1 is 0.940 bits per heavy atom. The van der Waals surface area contributed by atoms with Crippen LogP contribution in [0.1, 0.15) is 31.9 Å². The average Bonchev–Trinajstić information content (AvgIpc) is 3.88. The Morgan fingerprint density at radius 2 is 1.58 bits per heavy atom. The van der Waals surface area contributed by atoms with Gasteiger partial charge in [0.25, 0.3) is 0 Å². The lowest BCUT2D eigenvalue weighted by Crippen LogP contribution is -2.46. The highest BCUT2D eigenvalue weighted by molar-refractivity contribution is 7.99. The molecule has 3 unspecified atom stereocenters. The maximum Gasteiger partial charge on any atom is 0.350 e. The number of halogens is 1. The first-order valence-electron chi connectivity index (χ1n) is 16.9. The first-order chi connectivity index (χ1) is 24.3. The van der Waals surface area contributed by atoms with Crippen LogP contribution >= 0.6 is 23.4 Å². The van der Waals surface area contributed by atoms with E-state index in [0.717, 1.165) is 66.1 Å². The zero-order valence-corrected chi connectivity index (χ0v) is 30.0. The third-order valence-electron chi connectivity index (χ3n) is 9.32. The Balaban J connectivity index is 0.914. The fourth-order valence-electron chi connectivity index (χ4n) is 6.18. The molecule has 5 aromatic rings. The summed E-state index contributed by atoms with van der Waals surface area (Å²) in [5.41, 5.74) is 3.90. The van der Waals surface area contributed by atoms with Crippen molar-refractivity contribution in [3.05, 3.63) is 107 Å². The summed E-state index contributed by atoms with van der Waals surface area (Å²) in [5, 5.41) is 13.9. The number of hydrogen-bond acceptors (Lipinski definition) is 10. The lowest BCUT2D eigenvalue weighted by atomic mass is 10.1. The summed E-state index contributed by atoms with van der Waals surface area (Å²) in [6.45, 7) is 8.40. The Kier molecular flexibility index (Phi) is 10.2. The molecule has 3 atom stereocenters. The van der Waals surface area contributed by atoms with Crippen LogP contribution in [-0.4, -0.2) is 80.4 Å². The molecule has 0 spiro atoms. The highest BCUT2D eigenvalue weighted by atomic mass is 35.5. The number of anilines is 2. The molecule has 0 saturated carbocycles. The van der Waals surface area contributed by atoms with E-state index in [1.54, 1.807) is 21.9 Å². The van der Waals surface area contributed by atoms with Crippen molar-refractivity contribution < 1.29 is 14.2 Å². The van der Waals surface area contributed by atoms with Gasteiger partial charge in [0.15, 0.2) is 5.16 Å². The highest BCUT2D eigenvalue weighted by Gasteiger charge is 2.44. The van der Waals surface area contributed by atoms with Gasteiger partial charge in [0.2, 0.25) is 5.79 Å². The molecule has 0 radical (unpaired) electrons. The quantitative estimate of drug-likeness (QED) is 0.153. The number of thioether (sulfide) groups is 1. The van der Waals surface area contributed by atoms with Crippen molar-refractivity contribution >= 4 is 34.7 Å². The Morgan fingerprint density at radius 3 is 2.20 bits per heavy atom. The Hall–Kier alpha value is -4.30. The van der Waals surface area contributed by atoms with Crippen LogP contribution in [0.4, 0.5) is 11.4 Å². The smallest absolute Gasteiger partial charge is 0.350 e. The first kappa shape index (κ1) is 34.2. The summed E-state index contributed by atoms with van der Waals surface area (Å²) in [6.07, 6.45) is 3.88. The Labute approximate surface area is 300 Å². The van der Waals surface area contributed by atoms with Crippen LogP contribution in [-0.2, 0) is 22.3 Å². The molecular formula is C36H41ClN8O4S. The van der Waals surface area contributed by atoms with E-state index < -0.39 is 5.79 Å². The zero-order valence-electron chi connectivity index (χ0n) is 28.4. The van der Waals surface area contributed by atoms with Crippen molar-refractivity contribution in [1.29, 1.82) is 0 Å². The van der Waals surface area contributed by atoms with Gasteiger partial charge in [0, 0.05) is 55.2 Å².